The fraction of sp³-hybridized carbons (Fsp3) is 0.562. The van der Waals surface area contributed by atoms with Crippen LogP contribution in [0.4, 0.5) is 0 Å². The topological polar surface area (TPSA) is 38.3 Å². The molecule has 1 saturated carbocycles. The average Bonchev–Trinajstić information content (AvgIpc) is 2.88. The van der Waals surface area contributed by atoms with Gasteiger partial charge in [0.15, 0.2) is 0 Å². The highest BCUT2D eigenvalue weighted by atomic mass is 16.5. The van der Waals surface area contributed by atoms with E-state index in [1.165, 1.54) is 5.56 Å². The molecule has 3 atom stereocenters. The van der Waals surface area contributed by atoms with Crippen LogP contribution in [0, 0.1) is 5.92 Å². The van der Waals surface area contributed by atoms with Gasteiger partial charge < -0.3 is 10.1 Å². The highest BCUT2D eigenvalue weighted by molar-refractivity contribution is 5.73. The lowest BCUT2D eigenvalue weighted by molar-refractivity contribution is -0.148. The molecule has 0 heterocycles. The van der Waals surface area contributed by atoms with Crippen LogP contribution in [0.15, 0.2) is 30.3 Å². The number of carbonyl (C=O) groups excluding carboxylic acids is 1. The Balaban J connectivity index is 1.96. The molecule has 3 nitrogen and oxygen atoms in total. The maximum Gasteiger partial charge on any atom is 0.310 e. The van der Waals surface area contributed by atoms with Gasteiger partial charge in [-0.05, 0) is 32.3 Å². The maximum atomic E-state index is 11.9. The van der Waals surface area contributed by atoms with Gasteiger partial charge in [-0.2, -0.15) is 0 Å². The lowest BCUT2D eigenvalue weighted by Gasteiger charge is -2.24. The number of esters is 1. The molecule has 0 amide bonds. The summed E-state index contributed by atoms with van der Waals surface area (Å²) in [5.41, 5.74) is 1.26. The number of hydrogen-bond acceptors (Lipinski definition) is 3. The monoisotopic (exact) mass is 261 g/mol. The van der Waals surface area contributed by atoms with Gasteiger partial charge in [0.25, 0.3) is 0 Å². The summed E-state index contributed by atoms with van der Waals surface area (Å²) in [6.07, 6.45) is 3.10. The summed E-state index contributed by atoms with van der Waals surface area (Å²) < 4.78 is 5.16. The second-order valence-electron chi connectivity index (χ2n) is 5.19. The molecule has 1 N–H and O–H groups in total. The molecule has 0 aliphatic heterocycles. The minimum atomic E-state index is -0.0437. The quantitative estimate of drug-likeness (QED) is 0.828. The van der Waals surface area contributed by atoms with E-state index in [4.69, 9.17) is 4.74 Å². The minimum Gasteiger partial charge on any atom is -0.466 e. The van der Waals surface area contributed by atoms with Crippen LogP contribution in [0.5, 0.6) is 0 Å². The Labute approximate surface area is 115 Å². The van der Waals surface area contributed by atoms with Crippen molar-refractivity contribution >= 4 is 5.97 Å². The summed E-state index contributed by atoms with van der Waals surface area (Å²) in [6, 6.07) is 10.9. The van der Waals surface area contributed by atoms with Crippen LogP contribution in [-0.4, -0.2) is 18.6 Å². The standard InChI is InChI=1S/C16H23NO2/c1-3-19-16(18)14-10-7-11-15(14)17-12(2)13-8-5-4-6-9-13/h4-6,8-9,12,14-15,17H,3,7,10-11H2,1-2H3/t12-,14?,15?/m0/s1. The summed E-state index contributed by atoms with van der Waals surface area (Å²) in [5, 5.41) is 3.58. The van der Waals surface area contributed by atoms with Crippen LogP contribution in [0.25, 0.3) is 0 Å². The predicted octanol–water partition coefficient (Wildman–Crippen LogP) is 3.07. The number of benzene rings is 1. The molecule has 0 aromatic heterocycles. The Morgan fingerprint density at radius 1 is 1.37 bits per heavy atom. The predicted molar refractivity (Wildman–Crippen MR) is 75.8 cm³/mol. The summed E-state index contributed by atoms with van der Waals surface area (Å²) in [6.45, 7) is 4.48. The third-order valence-electron chi connectivity index (χ3n) is 3.87. The molecule has 1 aliphatic carbocycles. The van der Waals surface area contributed by atoms with Crippen LogP contribution in [0.3, 0.4) is 0 Å². The first-order chi connectivity index (χ1) is 9.22. The molecule has 0 radical (unpaired) electrons. The van der Waals surface area contributed by atoms with Gasteiger partial charge in [0, 0.05) is 12.1 Å². The van der Waals surface area contributed by atoms with Gasteiger partial charge in [-0.15, -0.1) is 0 Å². The second-order valence-corrected chi connectivity index (χ2v) is 5.19. The fourth-order valence-corrected chi connectivity index (χ4v) is 2.85. The van der Waals surface area contributed by atoms with Gasteiger partial charge in [0.05, 0.1) is 12.5 Å². The van der Waals surface area contributed by atoms with Crippen molar-refractivity contribution in [2.75, 3.05) is 6.61 Å². The number of rotatable bonds is 5. The average molecular weight is 261 g/mol. The van der Waals surface area contributed by atoms with Gasteiger partial charge >= 0.3 is 5.97 Å². The first kappa shape index (κ1) is 14.1. The highest BCUT2D eigenvalue weighted by Crippen LogP contribution is 2.29. The van der Waals surface area contributed by atoms with Gasteiger partial charge in [-0.1, -0.05) is 36.8 Å². The van der Waals surface area contributed by atoms with Crippen molar-refractivity contribution in [1.29, 1.82) is 0 Å². The van der Waals surface area contributed by atoms with E-state index < -0.39 is 0 Å². The molecule has 19 heavy (non-hydrogen) atoms. The van der Waals surface area contributed by atoms with Crippen molar-refractivity contribution in [2.24, 2.45) is 5.92 Å². The van der Waals surface area contributed by atoms with E-state index in [0.717, 1.165) is 19.3 Å². The molecule has 2 unspecified atom stereocenters. The van der Waals surface area contributed by atoms with Crippen molar-refractivity contribution < 1.29 is 9.53 Å². The number of nitrogens with one attached hydrogen (secondary N) is 1. The van der Waals surface area contributed by atoms with Crippen LogP contribution in [-0.2, 0) is 9.53 Å². The van der Waals surface area contributed by atoms with Crippen LogP contribution < -0.4 is 5.32 Å². The molecule has 1 aliphatic rings. The van der Waals surface area contributed by atoms with Crippen LogP contribution >= 0.6 is 0 Å². The molecule has 0 bridgehead atoms. The molecule has 1 aromatic carbocycles. The fourth-order valence-electron chi connectivity index (χ4n) is 2.85. The van der Waals surface area contributed by atoms with E-state index in [1.807, 2.05) is 25.1 Å². The molecule has 2 rings (SSSR count). The Bertz CT molecular complexity index is 404. The third kappa shape index (κ3) is 3.57. The van der Waals surface area contributed by atoms with E-state index in [1.54, 1.807) is 0 Å². The largest absolute Gasteiger partial charge is 0.466 e. The second kappa shape index (κ2) is 6.71. The number of hydrogen-bond donors (Lipinski definition) is 1. The van der Waals surface area contributed by atoms with Crippen molar-refractivity contribution in [2.45, 2.75) is 45.2 Å². The van der Waals surface area contributed by atoms with Crippen LogP contribution in [0.2, 0.25) is 0 Å². The number of carbonyl (C=O) groups is 1. The highest BCUT2D eigenvalue weighted by Gasteiger charge is 2.34. The Kier molecular flexibility index (Phi) is 4.97. The lowest BCUT2D eigenvalue weighted by atomic mass is 10.0. The van der Waals surface area contributed by atoms with Gasteiger partial charge in [-0.3, -0.25) is 4.79 Å². The van der Waals surface area contributed by atoms with E-state index in [2.05, 4.69) is 24.4 Å². The Morgan fingerprint density at radius 2 is 2.11 bits per heavy atom. The van der Waals surface area contributed by atoms with Crippen molar-refractivity contribution in [3.05, 3.63) is 35.9 Å². The van der Waals surface area contributed by atoms with Gasteiger partial charge in [0.1, 0.15) is 0 Å². The van der Waals surface area contributed by atoms with Gasteiger partial charge in [-0.25, -0.2) is 0 Å². The normalized spacial score (nSPS) is 24.1. The molecule has 3 heteroatoms. The number of ether oxygens (including phenoxy) is 1. The molecule has 1 aromatic rings. The van der Waals surface area contributed by atoms with E-state index in [-0.39, 0.29) is 24.0 Å². The van der Waals surface area contributed by atoms with E-state index in [0.29, 0.717) is 6.61 Å². The molecular formula is C16H23NO2. The van der Waals surface area contributed by atoms with E-state index in [9.17, 15) is 4.79 Å². The lowest BCUT2D eigenvalue weighted by Crippen LogP contribution is -2.38. The molecule has 104 valence electrons. The first-order valence-electron chi connectivity index (χ1n) is 7.20. The zero-order chi connectivity index (χ0) is 13.7. The summed E-state index contributed by atoms with van der Waals surface area (Å²) >= 11 is 0. The van der Waals surface area contributed by atoms with Crippen LogP contribution in [0.1, 0.15) is 44.7 Å². The van der Waals surface area contributed by atoms with Crippen molar-refractivity contribution in [1.82, 2.24) is 5.32 Å². The zero-order valence-electron chi connectivity index (χ0n) is 11.8. The third-order valence-corrected chi connectivity index (χ3v) is 3.87. The first-order valence-corrected chi connectivity index (χ1v) is 7.20. The zero-order valence-corrected chi connectivity index (χ0v) is 11.8. The smallest absolute Gasteiger partial charge is 0.310 e. The maximum absolute atomic E-state index is 11.9. The van der Waals surface area contributed by atoms with Crippen molar-refractivity contribution in [3.8, 4) is 0 Å². The summed E-state index contributed by atoms with van der Waals surface area (Å²) in [4.78, 5) is 11.9. The molecule has 1 fully saturated rings. The molecule has 0 saturated heterocycles. The van der Waals surface area contributed by atoms with Gasteiger partial charge in [0.2, 0.25) is 0 Å². The van der Waals surface area contributed by atoms with E-state index >= 15 is 0 Å². The van der Waals surface area contributed by atoms with Crippen molar-refractivity contribution in [3.63, 3.8) is 0 Å². The SMILES string of the molecule is CCOC(=O)C1CCCC1N[C@@H](C)c1ccccc1. The molecular weight excluding hydrogens is 238 g/mol. The Hall–Kier alpha value is -1.35. The minimum absolute atomic E-state index is 0.0195. The molecule has 0 spiro atoms. The summed E-state index contributed by atoms with van der Waals surface area (Å²) in [7, 11) is 0. The Morgan fingerprint density at radius 3 is 2.79 bits per heavy atom. The summed E-state index contributed by atoms with van der Waals surface area (Å²) in [5.74, 6) is -0.0242.